The summed E-state index contributed by atoms with van der Waals surface area (Å²) in [5.41, 5.74) is 5.38. The molecule has 0 saturated heterocycles. The standard InChI is InChI=1S/C24H17N3O3S/c28-23(26-30)16-11-9-15(10-12-16)13-27-20-7-3-2-6-19(20)25-22(24(27)29)18-14-31-21-8-4-1-5-17(18)21/h1-12,14,30H,13H2,(H,26,28). The fourth-order valence-corrected chi connectivity index (χ4v) is 4.64. The lowest BCUT2D eigenvalue weighted by Crippen LogP contribution is -2.24. The highest BCUT2D eigenvalue weighted by Crippen LogP contribution is 2.32. The molecule has 0 bridgehead atoms. The lowest BCUT2D eigenvalue weighted by atomic mass is 10.1. The van der Waals surface area contributed by atoms with E-state index in [-0.39, 0.29) is 5.56 Å². The first-order valence-corrected chi connectivity index (χ1v) is 10.5. The molecule has 7 heteroatoms. The number of amides is 1. The van der Waals surface area contributed by atoms with Gasteiger partial charge in [-0.2, -0.15) is 0 Å². The second-order valence-electron chi connectivity index (χ2n) is 7.12. The van der Waals surface area contributed by atoms with Crippen LogP contribution in [0.4, 0.5) is 0 Å². The van der Waals surface area contributed by atoms with Crippen LogP contribution in [0.5, 0.6) is 0 Å². The molecule has 0 spiro atoms. The fraction of sp³-hybridized carbons (Fsp3) is 0.0417. The zero-order chi connectivity index (χ0) is 21.4. The molecule has 152 valence electrons. The second kappa shape index (κ2) is 7.79. The van der Waals surface area contributed by atoms with E-state index in [2.05, 4.69) is 0 Å². The maximum absolute atomic E-state index is 13.6. The van der Waals surface area contributed by atoms with Gasteiger partial charge in [-0.1, -0.05) is 42.5 Å². The number of hydrogen-bond acceptors (Lipinski definition) is 5. The van der Waals surface area contributed by atoms with Crippen LogP contribution in [0.25, 0.3) is 32.4 Å². The van der Waals surface area contributed by atoms with Gasteiger partial charge < -0.3 is 4.57 Å². The normalized spacial score (nSPS) is 11.1. The van der Waals surface area contributed by atoms with Crippen molar-refractivity contribution in [3.05, 3.63) is 99.7 Å². The molecule has 0 aliphatic rings. The van der Waals surface area contributed by atoms with Gasteiger partial charge in [0.25, 0.3) is 11.5 Å². The Hall–Kier alpha value is -3.81. The summed E-state index contributed by atoms with van der Waals surface area (Å²) in [6.07, 6.45) is 0. The van der Waals surface area contributed by atoms with E-state index in [0.717, 1.165) is 32.2 Å². The minimum Gasteiger partial charge on any atom is -0.300 e. The topological polar surface area (TPSA) is 84.2 Å². The number of thiophene rings is 1. The van der Waals surface area contributed by atoms with Crippen LogP contribution >= 0.6 is 11.3 Å². The van der Waals surface area contributed by atoms with Crippen molar-refractivity contribution < 1.29 is 10.0 Å². The average molecular weight is 427 g/mol. The summed E-state index contributed by atoms with van der Waals surface area (Å²) < 4.78 is 2.82. The Morgan fingerprint density at radius 2 is 1.74 bits per heavy atom. The highest BCUT2D eigenvalue weighted by molar-refractivity contribution is 7.17. The van der Waals surface area contributed by atoms with Crippen LogP contribution in [0.3, 0.4) is 0 Å². The van der Waals surface area contributed by atoms with Gasteiger partial charge in [-0.15, -0.1) is 11.3 Å². The van der Waals surface area contributed by atoms with E-state index >= 15 is 0 Å². The van der Waals surface area contributed by atoms with Crippen molar-refractivity contribution in [1.82, 2.24) is 15.0 Å². The molecule has 0 aliphatic heterocycles. The maximum Gasteiger partial charge on any atom is 0.277 e. The van der Waals surface area contributed by atoms with Gasteiger partial charge in [-0.05, 0) is 35.9 Å². The van der Waals surface area contributed by atoms with E-state index in [9.17, 15) is 9.59 Å². The average Bonchev–Trinajstić information content (AvgIpc) is 3.24. The van der Waals surface area contributed by atoms with Gasteiger partial charge in [0.05, 0.1) is 17.6 Å². The third-order valence-corrected chi connectivity index (χ3v) is 6.21. The summed E-state index contributed by atoms with van der Waals surface area (Å²) >= 11 is 1.59. The molecule has 2 N–H and O–H groups in total. The van der Waals surface area contributed by atoms with E-state index in [0.29, 0.717) is 17.8 Å². The van der Waals surface area contributed by atoms with Crippen LogP contribution in [0, 0.1) is 0 Å². The number of nitrogens with one attached hydrogen (secondary N) is 1. The smallest absolute Gasteiger partial charge is 0.277 e. The molecule has 0 radical (unpaired) electrons. The molecule has 0 fully saturated rings. The van der Waals surface area contributed by atoms with Crippen LogP contribution in [0.2, 0.25) is 0 Å². The number of aromatic nitrogens is 2. The Labute approximate surface area is 181 Å². The quantitative estimate of drug-likeness (QED) is 0.328. The summed E-state index contributed by atoms with van der Waals surface area (Å²) in [5, 5.41) is 11.8. The zero-order valence-corrected chi connectivity index (χ0v) is 17.1. The molecular formula is C24H17N3O3S. The van der Waals surface area contributed by atoms with Crippen molar-refractivity contribution in [2.75, 3.05) is 0 Å². The summed E-state index contributed by atoms with van der Waals surface area (Å²) in [7, 11) is 0. The van der Waals surface area contributed by atoms with Gasteiger partial charge in [0, 0.05) is 26.6 Å². The summed E-state index contributed by atoms with van der Waals surface area (Å²) in [6.45, 7) is 0.331. The molecule has 2 heterocycles. The molecule has 0 unspecified atom stereocenters. The molecule has 0 atom stereocenters. The maximum atomic E-state index is 13.6. The number of hydrogen-bond donors (Lipinski definition) is 2. The predicted molar refractivity (Wildman–Crippen MR) is 122 cm³/mol. The number of carbonyl (C=O) groups is 1. The minimum atomic E-state index is -0.579. The van der Waals surface area contributed by atoms with Gasteiger partial charge in [-0.25, -0.2) is 10.5 Å². The molecular weight excluding hydrogens is 410 g/mol. The van der Waals surface area contributed by atoms with Crippen molar-refractivity contribution in [3.63, 3.8) is 0 Å². The van der Waals surface area contributed by atoms with E-state index in [1.54, 1.807) is 45.6 Å². The van der Waals surface area contributed by atoms with Gasteiger partial charge in [0.15, 0.2) is 0 Å². The number of fused-ring (bicyclic) bond motifs is 2. The highest BCUT2D eigenvalue weighted by atomic mass is 32.1. The predicted octanol–water partition coefficient (Wildman–Crippen LogP) is 4.45. The Bertz CT molecular complexity index is 1490. The van der Waals surface area contributed by atoms with Crippen molar-refractivity contribution in [3.8, 4) is 11.3 Å². The van der Waals surface area contributed by atoms with Crippen molar-refractivity contribution in [1.29, 1.82) is 0 Å². The Morgan fingerprint density at radius 1 is 1.00 bits per heavy atom. The SMILES string of the molecule is O=C(NO)c1ccc(Cn2c(=O)c(-c3csc4ccccc34)nc3ccccc32)cc1. The molecule has 0 saturated carbocycles. The molecule has 31 heavy (non-hydrogen) atoms. The Balaban J connectivity index is 1.66. The van der Waals surface area contributed by atoms with Gasteiger partial charge in [0.2, 0.25) is 0 Å². The Morgan fingerprint density at radius 3 is 2.55 bits per heavy atom. The molecule has 6 nitrogen and oxygen atoms in total. The second-order valence-corrected chi connectivity index (χ2v) is 8.04. The fourth-order valence-electron chi connectivity index (χ4n) is 3.69. The number of nitrogens with zero attached hydrogens (tertiary/aromatic N) is 2. The lowest BCUT2D eigenvalue weighted by molar-refractivity contribution is 0.0706. The molecule has 1 amide bonds. The lowest BCUT2D eigenvalue weighted by Gasteiger charge is -2.13. The highest BCUT2D eigenvalue weighted by Gasteiger charge is 2.16. The van der Waals surface area contributed by atoms with E-state index in [4.69, 9.17) is 10.2 Å². The van der Waals surface area contributed by atoms with Crippen LogP contribution < -0.4 is 11.0 Å². The third-order valence-electron chi connectivity index (χ3n) is 5.25. The largest absolute Gasteiger partial charge is 0.300 e. The number of carbonyl (C=O) groups excluding carboxylic acids is 1. The molecule has 2 aromatic heterocycles. The van der Waals surface area contributed by atoms with Crippen molar-refractivity contribution >= 4 is 38.4 Å². The first-order valence-electron chi connectivity index (χ1n) is 9.65. The van der Waals surface area contributed by atoms with Crippen LogP contribution in [0.1, 0.15) is 15.9 Å². The molecule has 3 aromatic carbocycles. The number of benzene rings is 3. The number of rotatable bonds is 4. The van der Waals surface area contributed by atoms with E-state index < -0.39 is 5.91 Å². The van der Waals surface area contributed by atoms with Crippen LogP contribution in [-0.4, -0.2) is 20.7 Å². The number of para-hydroxylation sites is 2. The summed E-state index contributed by atoms with van der Waals surface area (Å²) in [4.78, 5) is 29.8. The first kappa shape index (κ1) is 19.2. The summed E-state index contributed by atoms with van der Waals surface area (Å²) in [5.74, 6) is -0.579. The van der Waals surface area contributed by atoms with Crippen molar-refractivity contribution in [2.24, 2.45) is 0 Å². The monoisotopic (exact) mass is 427 g/mol. The van der Waals surface area contributed by atoms with Crippen molar-refractivity contribution in [2.45, 2.75) is 6.54 Å². The van der Waals surface area contributed by atoms with Gasteiger partial charge >= 0.3 is 0 Å². The Kier molecular flexibility index (Phi) is 4.82. The number of hydroxylamine groups is 1. The first-order chi connectivity index (χ1) is 15.2. The molecule has 5 rings (SSSR count). The third kappa shape index (κ3) is 3.39. The molecule has 5 aromatic rings. The van der Waals surface area contributed by atoms with Crippen LogP contribution in [0.15, 0.2) is 83.0 Å². The van der Waals surface area contributed by atoms with Gasteiger partial charge in [0.1, 0.15) is 5.69 Å². The van der Waals surface area contributed by atoms with Crippen LogP contribution in [-0.2, 0) is 6.54 Å². The molecule has 0 aliphatic carbocycles. The minimum absolute atomic E-state index is 0.167. The summed E-state index contributed by atoms with van der Waals surface area (Å²) in [6, 6.07) is 22.3. The van der Waals surface area contributed by atoms with E-state index in [1.807, 2.05) is 53.9 Å². The van der Waals surface area contributed by atoms with Gasteiger partial charge in [-0.3, -0.25) is 14.8 Å². The van der Waals surface area contributed by atoms with E-state index in [1.165, 1.54) is 0 Å². The zero-order valence-electron chi connectivity index (χ0n) is 16.3.